The summed E-state index contributed by atoms with van der Waals surface area (Å²) in [5.41, 5.74) is 0. The lowest BCUT2D eigenvalue weighted by molar-refractivity contribution is 0.0398. The highest BCUT2D eigenvalue weighted by molar-refractivity contribution is 5.40. The van der Waals surface area contributed by atoms with Gasteiger partial charge in [0.1, 0.15) is 11.6 Å². The molecule has 0 unspecified atom stereocenters. The Kier molecular flexibility index (Phi) is 4.52. The maximum Gasteiger partial charge on any atom is 0.147 e. The molecule has 2 N–H and O–H groups in total. The van der Waals surface area contributed by atoms with E-state index in [-0.39, 0.29) is 0 Å². The third-order valence-electron chi connectivity index (χ3n) is 2.73. The SMILES string of the molecule is CNc1cncc(NCCN2CCOCC2)n1. The molecule has 0 saturated carbocycles. The van der Waals surface area contributed by atoms with Crippen molar-refractivity contribution in [3.05, 3.63) is 12.4 Å². The summed E-state index contributed by atoms with van der Waals surface area (Å²) in [6.07, 6.45) is 3.44. The van der Waals surface area contributed by atoms with Crippen LogP contribution in [0.15, 0.2) is 12.4 Å². The van der Waals surface area contributed by atoms with Gasteiger partial charge in [0.15, 0.2) is 0 Å². The van der Waals surface area contributed by atoms with E-state index in [1.165, 1.54) is 0 Å². The fourth-order valence-corrected chi connectivity index (χ4v) is 1.74. The van der Waals surface area contributed by atoms with Crippen molar-refractivity contribution >= 4 is 11.6 Å². The van der Waals surface area contributed by atoms with Crippen LogP contribution in [0, 0.1) is 0 Å². The van der Waals surface area contributed by atoms with Gasteiger partial charge >= 0.3 is 0 Å². The van der Waals surface area contributed by atoms with E-state index in [9.17, 15) is 0 Å². The van der Waals surface area contributed by atoms with Crippen LogP contribution in [-0.4, -0.2) is 61.3 Å². The van der Waals surface area contributed by atoms with Gasteiger partial charge in [-0.05, 0) is 0 Å². The van der Waals surface area contributed by atoms with E-state index in [2.05, 4.69) is 25.5 Å². The van der Waals surface area contributed by atoms with Gasteiger partial charge in [0.05, 0.1) is 25.6 Å². The Morgan fingerprint density at radius 3 is 2.82 bits per heavy atom. The second-order valence-electron chi connectivity index (χ2n) is 3.92. The fraction of sp³-hybridized carbons (Fsp3) is 0.636. The second-order valence-corrected chi connectivity index (χ2v) is 3.92. The average molecular weight is 237 g/mol. The largest absolute Gasteiger partial charge is 0.379 e. The minimum absolute atomic E-state index is 0.779. The van der Waals surface area contributed by atoms with Gasteiger partial charge < -0.3 is 15.4 Å². The Labute approximate surface area is 101 Å². The lowest BCUT2D eigenvalue weighted by Crippen LogP contribution is -2.39. The molecule has 1 aromatic rings. The lowest BCUT2D eigenvalue weighted by atomic mass is 10.4. The summed E-state index contributed by atoms with van der Waals surface area (Å²) >= 11 is 0. The first-order valence-corrected chi connectivity index (χ1v) is 5.92. The van der Waals surface area contributed by atoms with Crippen LogP contribution in [0.1, 0.15) is 0 Å². The maximum absolute atomic E-state index is 5.30. The summed E-state index contributed by atoms with van der Waals surface area (Å²) in [5.74, 6) is 1.59. The highest BCUT2D eigenvalue weighted by Crippen LogP contribution is 2.05. The molecule has 6 nitrogen and oxygen atoms in total. The van der Waals surface area contributed by atoms with Crippen LogP contribution < -0.4 is 10.6 Å². The molecule has 0 amide bonds. The first-order chi connectivity index (χ1) is 8.38. The quantitative estimate of drug-likeness (QED) is 0.766. The van der Waals surface area contributed by atoms with Crippen LogP contribution >= 0.6 is 0 Å². The molecule has 94 valence electrons. The van der Waals surface area contributed by atoms with Gasteiger partial charge in [-0.25, -0.2) is 4.98 Å². The molecule has 0 aromatic carbocycles. The van der Waals surface area contributed by atoms with E-state index in [0.717, 1.165) is 51.0 Å². The molecule has 2 rings (SSSR count). The third-order valence-corrected chi connectivity index (χ3v) is 2.73. The van der Waals surface area contributed by atoms with Crippen LogP contribution in [0.2, 0.25) is 0 Å². The standard InChI is InChI=1S/C11H19N5O/c1-12-10-8-13-9-11(15-10)14-2-3-16-4-6-17-7-5-16/h8-9H,2-7H2,1H3,(H2,12,14,15). The van der Waals surface area contributed by atoms with Crippen molar-refractivity contribution in [1.82, 2.24) is 14.9 Å². The summed E-state index contributed by atoms with van der Waals surface area (Å²) < 4.78 is 5.30. The molecule has 1 fully saturated rings. The molecule has 0 bridgehead atoms. The Hall–Kier alpha value is -1.40. The molecule has 6 heteroatoms. The van der Waals surface area contributed by atoms with Gasteiger partial charge in [-0.1, -0.05) is 0 Å². The summed E-state index contributed by atoms with van der Waals surface area (Å²) in [6, 6.07) is 0. The summed E-state index contributed by atoms with van der Waals surface area (Å²) in [5, 5.41) is 6.24. The van der Waals surface area contributed by atoms with E-state index in [1.807, 2.05) is 7.05 Å². The molecule has 0 aliphatic carbocycles. The van der Waals surface area contributed by atoms with Crippen LogP contribution in [-0.2, 0) is 4.74 Å². The molecule has 0 atom stereocenters. The van der Waals surface area contributed by atoms with Crippen molar-refractivity contribution < 1.29 is 4.74 Å². The molecular weight excluding hydrogens is 218 g/mol. The number of nitrogens with zero attached hydrogens (tertiary/aromatic N) is 3. The van der Waals surface area contributed by atoms with Crippen molar-refractivity contribution in [3.8, 4) is 0 Å². The van der Waals surface area contributed by atoms with Gasteiger partial charge in [-0.2, -0.15) is 0 Å². The monoisotopic (exact) mass is 237 g/mol. The maximum atomic E-state index is 5.30. The Bertz CT molecular complexity index is 340. The molecule has 1 aliphatic rings. The normalized spacial score (nSPS) is 16.8. The third kappa shape index (κ3) is 3.83. The molecular formula is C11H19N5O. The van der Waals surface area contributed by atoms with Gasteiger partial charge in [0.25, 0.3) is 0 Å². The zero-order valence-corrected chi connectivity index (χ0v) is 10.1. The lowest BCUT2D eigenvalue weighted by Gasteiger charge is -2.26. The number of ether oxygens (including phenoxy) is 1. The molecule has 2 heterocycles. The summed E-state index contributed by atoms with van der Waals surface area (Å²) in [6.45, 7) is 5.61. The smallest absolute Gasteiger partial charge is 0.147 e. The first-order valence-electron chi connectivity index (χ1n) is 5.92. The van der Waals surface area contributed by atoms with Crippen molar-refractivity contribution in [2.24, 2.45) is 0 Å². The zero-order chi connectivity index (χ0) is 11.9. The molecule has 0 radical (unpaired) electrons. The van der Waals surface area contributed by atoms with Gasteiger partial charge in [-0.3, -0.25) is 9.88 Å². The molecule has 1 aromatic heterocycles. The number of rotatable bonds is 5. The van der Waals surface area contributed by atoms with E-state index in [4.69, 9.17) is 4.74 Å². The highest BCUT2D eigenvalue weighted by atomic mass is 16.5. The molecule has 0 spiro atoms. The Morgan fingerprint density at radius 2 is 2.06 bits per heavy atom. The van der Waals surface area contributed by atoms with E-state index in [1.54, 1.807) is 12.4 Å². The molecule has 17 heavy (non-hydrogen) atoms. The highest BCUT2D eigenvalue weighted by Gasteiger charge is 2.09. The average Bonchev–Trinajstić information content (AvgIpc) is 2.40. The van der Waals surface area contributed by atoms with E-state index in [0.29, 0.717) is 0 Å². The van der Waals surface area contributed by atoms with Crippen LogP contribution in [0.25, 0.3) is 0 Å². The number of anilines is 2. The van der Waals surface area contributed by atoms with Gasteiger partial charge in [0.2, 0.25) is 0 Å². The molecule has 1 aliphatic heterocycles. The van der Waals surface area contributed by atoms with Crippen molar-refractivity contribution in [2.45, 2.75) is 0 Å². The first kappa shape index (κ1) is 12.1. The minimum Gasteiger partial charge on any atom is -0.379 e. The number of aromatic nitrogens is 2. The van der Waals surface area contributed by atoms with Crippen molar-refractivity contribution in [3.63, 3.8) is 0 Å². The van der Waals surface area contributed by atoms with Crippen LogP contribution in [0.4, 0.5) is 11.6 Å². The number of hydrogen-bond donors (Lipinski definition) is 2. The predicted molar refractivity (Wildman–Crippen MR) is 67.3 cm³/mol. The number of nitrogens with one attached hydrogen (secondary N) is 2. The number of morpholine rings is 1. The van der Waals surface area contributed by atoms with Gasteiger partial charge in [0, 0.05) is 33.2 Å². The fourth-order valence-electron chi connectivity index (χ4n) is 1.74. The van der Waals surface area contributed by atoms with E-state index < -0.39 is 0 Å². The van der Waals surface area contributed by atoms with E-state index >= 15 is 0 Å². The Morgan fingerprint density at radius 1 is 1.29 bits per heavy atom. The molecule has 1 saturated heterocycles. The van der Waals surface area contributed by atoms with Crippen LogP contribution in [0.5, 0.6) is 0 Å². The van der Waals surface area contributed by atoms with Gasteiger partial charge in [-0.15, -0.1) is 0 Å². The predicted octanol–water partition coefficient (Wildman–Crippen LogP) is 0.262. The van der Waals surface area contributed by atoms with Crippen molar-refractivity contribution in [1.29, 1.82) is 0 Å². The summed E-state index contributed by atoms with van der Waals surface area (Å²) in [7, 11) is 1.83. The topological polar surface area (TPSA) is 62.3 Å². The van der Waals surface area contributed by atoms with Crippen molar-refractivity contribution in [2.75, 3.05) is 57.1 Å². The minimum atomic E-state index is 0.779. The second kappa shape index (κ2) is 6.36. The number of hydrogen-bond acceptors (Lipinski definition) is 6. The zero-order valence-electron chi connectivity index (χ0n) is 10.1. The summed E-state index contributed by atoms with van der Waals surface area (Å²) in [4.78, 5) is 10.8. The Balaban J connectivity index is 1.73. The van der Waals surface area contributed by atoms with Crippen LogP contribution in [0.3, 0.4) is 0 Å².